The second kappa shape index (κ2) is 8.22. The number of likely N-dealkylation sites (tertiary alicyclic amines) is 1. The molecule has 0 radical (unpaired) electrons. The van der Waals surface area contributed by atoms with Crippen molar-refractivity contribution in [3.05, 3.63) is 75.8 Å². The van der Waals surface area contributed by atoms with E-state index in [1.807, 2.05) is 30.3 Å². The molecule has 27 heavy (non-hydrogen) atoms. The van der Waals surface area contributed by atoms with Crippen molar-refractivity contribution >= 4 is 23.7 Å². The molecule has 2 aromatic rings. The van der Waals surface area contributed by atoms with Gasteiger partial charge in [0.2, 0.25) is 11.8 Å². The zero-order chi connectivity index (χ0) is 19.2. The fourth-order valence-corrected chi connectivity index (χ4v) is 2.92. The van der Waals surface area contributed by atoms with Gasteiger partial charge in [-0.1, -0.05) is 42.5 Å². The molecule has 1 aliphatic heterocycles. The maximum atomic E-state index is 12.3. The molecule has 1 fully saturated rings. The average molecular weight is 366 g/mol. The molecule has 2 aromatic carbocycles. The summed E-state index contributed by atoms with van der Waals surface area (Å²) in [5, 5.41) is 14.8. The second-order valence-corrected chi connectivity index (χ2v) is 6.21. The maximum absolute atomic E-state index is 12.3. The summed E-state index contributed by atoms with van der Waals surface area (Å²) in [5.74, 6) is -0.959. The summed E-state index contributed by atoms with van der Waals surface area (Å²) in [6.45, 7) is 0.781. The number of nitrogens with one attached hydrogen (secondary N) is 1. The standard InChI is InChI=1S/C19H18N4O4/c24-18-10-16(13-22(18)12-14-6-2-1-3-7-14)19(25)21-20-11-15-8-4-5-9-17(15)23(26)27/h1-9,11,16H,10,12-13H2,(H,21,25)/b20-11+. The normalized spacial score (nSPS) is 16.7. The van der Waals surface area contributed by atoms with E-state index < -0.39 is 10.8 Å². The number of carbonyl (C=O) groups is 2. The Labute approximate surface area is 155 Å². The van der Waals surface area contributed by atoms with Gasteiger partial charge in [0.15, 0.2) is 0 Å². The lowest BCUT2D eigenvalue weighted by Crippen LogP contribution is -2.30. The predicted octanol–water partition coefficient (Wildman–Crippen LogP) is 2.09. The lowest BCUT2D eigenvalue weighted by molar-refractivity contribution is -0.385. The number of hydrogen-bond donors (Lipinski definition) is 1. The van der Waals surface area contributed by atoms with E-state index in [1.165, 1.54) is 18.3 Å². The Bertz CT molecular complexity index is 882. The van der Waals surface area contributed by atoms with Crippen molar-refractivity contribution in [2.24, 2.45) is 11.0 Å². The summed E-state index contributed by atoms with van der Waals surface area (Å²) in [6.07, 6.45) is 1.36. The molecule has 138 valence electrons. The van der Waals surface area contributed by atoms with Crippen LogP contribution >= 0.6 is 0 Å². The van der Waals surface area contributed by atoms with Crippen LogP contribution in [0.5, 0.6) is 0 Å². The van der Waals surface area contributed by atoms with E-state index in [-0.39, 0.29) is 29.5 Å². The molecule has 3 rings (SSSR count). The van der Waals surface area contributed by atoms with Gasteiger partial charge in [-0.3, -0.25) is 19.7 Å². The smallest absolute Gasteiger partial charge is 0.278 e. The van der Waals surface area contributed by atoms with Gasteiger partial charge in [-0.25, -0.2) is 5.43 Å². The number of nitro benzene ring substituents is 1. The summed E-state index contributed by atoms with van der Waals surface area (Å²) < 4.78 is 0. The molecule has 8 nitrogen and oxygen atoms in total. The van der Waals surface area contributed by atoms with Crippen molar-refractivity contribution in [3.63, 3.8) is 0 Å². The molecule has 0 aliphatic carbocycles. The van der Waals surface area contributed by atoms with Gasteiger partial charge < -0.3 is 4.90 Å². The molecule has 1 atom stereocenters. The van der Waals surface area contributed by atoms with E-state index in [2.05, 4.69) is 10.5 Å². The minimum atomic E-state index is -0.514. The minimum Gasteiger partial charge on any atom is -0.338 e. The number of amides is 2. The number of carbonyl (C=O) groups excluding carboxylic acids is 2. The summed E-state index contributed by atoms with van der Waals surface area (Å²) in [5.41, 5.74) is 3.57. The van der Waals surface area contributed by atoms with E-state index in [1.54, 1.807) is 17.0 Å². The van der Waals surface area contributed by atoms with Gasteiger partial charge in [-0.15, -0.1) is 0 Å². The summed E-state index contributed by atoms with van der Waals surface area (Å²) in [6, 6.07) is 15.7. The Morgan fingerprint density at radius 2 is 1.93 bits per heavy atom. The first-order chi connectivity index (χ1) is 13.0. The number of hydrazone groups is 1. The fourth-order valence-electron chi connectivity index (χ4n) is 2.92. The van der Waals surface area contributed by atoms with Crippen molar-refractivity contribution in [2.45, 2.75) is 13.0 Å². The zero-order valence-electron chi connectivity index (χ0n) is 14.4. The van der Waals surface area contributed by atoms with Gasteiger partial charge in [0, 0.05) is 25.6 Å². The Hall–Kier alpha value is -3.55. The Kier molecular flexibility index (Phi) is 5.55. The number of para-hydroxylation sites is 1. The van der Waals surface area contributed by atoms with E-state index in [0.29, 0.717) is 13.1 Å². The number of hydrogen-bond acceptors (Lipinski definition) is 5. The van der Waals surface area contributed by atoms with Crippen molar-refractivity contribution in [2.75, 3.05) is 6.54 Å². The third kappa shape index (κ3) is 4.55. The average Bonchev–Trinajstić information content (AvgIpc) is 3.03. The molecule has 0 bridgehead atoms. The van der Waals surface area contributed by atoms with Crippen LogP contribution in [0.1, 0.15) is 17.5 Å². The van der Waals surface area contributed by atoms with Crippen LogP contribution in [-0.4, -0.2) is 34.4 Å². The Morgan fingerprint density at radius 1 is 1.22 bits per heavy atom. The number of nitrogens with zero attached hydrogens (tertiary/aromatic N) is 3. The van der Waals surface area contributed by atoms with Crippen molar-refractivity contribution < 1.29 is 14.5 Å². The maximum Gasteiger partial charge on any atom is 0.278 e. The predicted molar refractivity (Wildman–Crippen MR) is 98.8 cm³/mol. The van der Waals surface area contributed by atoms with Gasteiger partial charge in [-0.05, 0) is 11.6 Å². The Balaban J connectivity index is 1.58. The number of rotatable bonds is 6. The third-order valence-electron chi connectivity index (χ3n) is 4.31. The van der Waals surface area contributed by atoms with Crippen molar-refractivity contribution in [1.82, 2.24) is 10.3 Å². The van der Waals surface area contributed by atoms with Crippen LogP contribution in [0.4, 0.5) is 5.69 Å². The summed E-state index contributed by atoms with van der Waals surface area (Å²) in [7, 11) is 0. The monoisotopic (exact) mass is 366 g/mol. The molecule has 1 N–H and O–H groups in total. The first kappa shape index (κ1) is 18.2. The molecule has 1 unspecified atom stereocenters. The van der Waals surface area contributed by atoms with Crippen LogP contribution in [0, 0.1) is 16.0 Å². The van der Waals surface area contributed by atoms with Gasteiger partial charge >= 0.3 is 0 Å². The molecule has 1 saturated heterocycles. The van der Waals surface area contributed by atoms with Crippen LogP contribution in [0.2, 0.25) is 0 Å². The molecule has 1 heterocycles. The molecule has 0 saturated carbocycles. The summed E-state index contributed by atoms with van der Waals surface area (Å²) in [4.78, 5) is 36.5. The van der Waals surface area contributed by atoms with Crippen LogP contribution < -0.4 is 5.43 Å². The number of benzene rings is 2. The SMILES string of the molecule is O=C(N/N=C/c1ccccc1[N+](=O)[O-])C1CC(=O)N(Cc2ccccc2)C1. The molecule has 1 aliphatic rings. The minimum absolute atomic E-state index is 0.0818. The van der Waals surface area contributed by atoms with Crippen molar-refractivity contribution in [1.29, 1.82) is 0 Å². The van der Waals surface area contributed by atoms with Gasteiger partial charge in [0.1, 0.15) is 0 Å². The molecular weight excluding hydrogens is 348 g/mol. The first-order valence-corrected chi connectivity index (χ1v) is 8.42. The zero-order valence-corrected chi connectivity index (χ0v) is 14.4. The topological polar surface area (TPSA) is 105 Å². The Morgan fingerprint density at radius 3 is 2.67 bits per heavy atom. The van der Waals surface area contributed by atoms with Crippen LogP contribution in [-0.2, 0) is 16.1 Å². The molecule has 0 aromatic heterocycles. The van der Waals surface area contributed by atoms with Gasteiger partial charge in [0.05, 0.1) is 22.6 Å². The van der Waals surface area contributed by atoms with Crippen LogP contribution in [0.25, 0.3) is 0 Å². The van der Waals surface area contributed by atoms with Gasteiger partial charge in [-0.2, -0.15) is 5.10 Å². The van der Waals surface area contributed by atoms with Crippen LogP contribution in [0.15, 0.2) is 59.7 Å². The second-order valence-electron chi connectivity index (χ2n) is 6.21. The largest absolute Gasteiger partial charge is 0.338 e. The van der Waals surface area contributed by atoms with E-state index in [0.717, 1.165) is 5.56 Å². The lowest BCUT2D eigenvalue weighted by Gasteiger charge is -2.16. The highest BCUT2D eigenvalue weighted by Crippen LogP contribution is 2.20. The highest BCUT2D eigenvalue weighted by Gasteiger charge is 2.34. The molecular formula is C19H18N4O4. The highest BCUT2D eigenvalue weighted by molar-refractivity contribution is 5.90. The molecule has 2 amide bonds. The first-order valence-electron chi connectivity index (χ1n) is 8.42. The van der Waals surface area contributed by atoms with E-state index in [9.17, 15) is 19.7 Å². The van der Waals surface area contributed by atoms with Crippen molar-refractivity contribution in [3.8, 4) is 0 Å². The van der Waals surface area contributed by atoms with E-state index in [4.69, 9.17) is 0 Å². The third-order valence-corrected chi connectivity index (χ3v) is 4.31. The van der Waals surface area contributed by atoms with E-state index >= 15 is 0 Å². The molecule has 0 spiro atoms. The quantitative estimate of drug-likeness (QED) is 0.480. The van der Waals surface area contributed by atoms with Crippen LogP contribution in [0.3, 0.4) is 0 Å². The van der Waals surface area contributed by atoms with Gasteiger partial charge in [0.25, 0.3) is 5.69 Å². The highest BCUT2D eigenvalue weighted by atomic mass is 16.6. The number of nitro groups is 1. The molecule has 8 heteroatoms. The summed E-state index contributed by atoms with van der Waals surface area (Å²) >= 11 is 0. The fraction of sp³-hybridized carbons (Fsp3) is 0.211. The lowest BCUT2D eigenvalue weighted by atomic mass is 10.1.